The molecule has 1 aromatic carbocycles. The Morgan fingerprint density at radius 1 is 1.11 bits per heavy atom. The molecule has 7 heteroatoms. The van der Waals surface area contributed by atoms with Crippen molar-refractivity contribution in [2.45, 2.75) is 13.7 Å². The van der Waals surface area contributed by atoms with Crippen LogP contribution in [-0.2, 0) is 0 Å². The first-order valence-electron chi connectivity index (χ1n) is 5.46. The van der Waals surface area contributed by atoms with E-state index in [1.165, 1.54) is 11.8 Å². The molecule has 0 radical (unpaired) electrons. The number of hydrogen-bond acceptors (Lipinski definition) is 7. The van der Waals surface area contributed by atoms with Gasteiger partial charge in [0.2, 0.25) is 0 Å². The molecular weight excluding hydrogens is 296 g/mol. The van der Waals surface area contributed by atoms with Crippen molar-refractivity contribution in [3.8, 4) is 0 Å². The van der Waals surface area contributed by atoms with Gasteiger partial charge in [-0.25, -0.2) is 4.98 Å². The molecule has 0 fully saturated rings. The maximum Gasteiger partial charge on any atom is 0.181 e. The van der Waals surface area contributed by atoms with Gasteiger partial charge in [-0.2, -0.15) is 0 Å². The fraction of sp³-hybridized carbons (Fsp3) is 0.0833. The van der Waals surface area contributed by atoms with Gasteiger partial charge in [-0.15, -0.1) is 10.2 Å². The quantitative estimate of drug-likeness (QED) is 0.590. The number of nitrogen functional groups attached to an aromatic ring is 1. The molecule has 3 aromatic rings. The first-order chi connectivity index (χ1) is 9.24. The molecule has 2 heterocycles. The molecule has 0 aliphatic rings. The molecule has 0 saturated carbocycles. The third-order valence-electron chi connectivity index (χ3n) is 2.44. The summed E-state index contributed by atoms with van der Waals surface area (Å²) >= 11 is 4.71. The normalized spacial score (nSPS) is 11.0. The van der Waals surface area contributed by atoms with Crippen molar-refractivity contribution in [3.05, 3.63) is 30.3 Å². The first-order valence-corrected chi connectivity index (χ1v) is 8.32. The number of thioether (sulfide) groups is 1. The van der Waals surface area contributed by atoms with Crippen molar-refractivity contribution < 1.29 is 0 Å². The van der Waals surface area contributed by atoms with Gasteiger partial charge in [0.05, 0.1) is 5.52 Å². The Bertz CT molecular complexity index is 726. The van der Waals surface area contributed by atoms with Crippen LogP contribution in [0.15, 0.2) is 44.0 Å². The summed E-state index contributed by atoms with van der Waals surface area (Å²) in [6.45, 7) is 0. The standard InChI is InChI=1S/C12H10N4S3/c1-17-11-15-16-12(19-11)18-10-5-2-7-6-8(13)3-4-9(7)14-10/h2-6H,13H2,1H3. The minimum atomic E-state index is 0.753. The molecule has 0 aliphatic carbocycles. The second kappa shape index (κ2) is 5.36. The molecule has 0 atom stereocenters. The molecular formula is C12H10N4S3. The van der Waals surface area contributed by atoms with Crippen LogP contribution in [0.2, 0.25) is 0 Å². The molecule has 0 spiro atoms. The summed E-state index contributed by atoms with van der Waals surface area (Å²) in [5.74, 6) is 0. The number of benzene rings is 1. The minimum Gasteiger partial charge on any atom is -0.399 e. The third-order valence-corrected chi connectivity index (χ3v) is 5.33. The Hall–Kier alpha value is -1.31. The summed E-state index contributed by atoms with van der Waals surface area (Å²) in [6.07, 6.45) is 1.99. The third kappa shape index (κ3) is 2.83. The summed E-state index contributed by atoms with van der Waals surface area (Å²) in [5.41, 5.74) is 7.44. The number of aromatic nitrogens is 3. The molecule has 0 bridgehead atoms. The van der Waals surface area contributed by atoms with Crippen LogP contribution >= 0.6 is 34.9 Å². The Morgan fingerprint density at radius 2 is 1.95 bits per heavy atom. The number of nitrogens with zero attached hydrogens (tertiary/aromatic N) is 3. The average Bonchev–Trinajstić information content (AvgIpc) is 2.86. The van der Waals surface area contributed by atoms with Gasteiger partial charge in [0.15, 0.2) is 8.68 Å². The highest BCUT2D eigenvalue weighted by Gasteiger charge is 2.07. The highest BCUT2D eigenvalue weighted by Crippen LogP contribution is 2.32. The maximum absolute atomic E-state index is 5.75. The number of fused-ring (bicyclic) bond motifs is 1. The summed E-state index contributed by atoms with van der Waals surface area (Å²) < 4.78 is 1.88. The van der Waals surface area contributed by atoms with Crippen molar-refractivity contribution in [1.29, 1.82) is 0 Å². The zero-order valence-corrected chi connectivity index (χ0v) is 12.5. The van der Waals surface area contributed by atoms with E-state index in [2.05, 4.69) is 15.2 Å². The van der Waals surface area contributed by atoms with E-state index < -0.39 is 0 Å². The molecule has 3 rings (SSSR count). The van der Waals surface area contributed by atoms with Gasteiger partial charge < -0.3 is 5.73 Å². The lowest BCUT2D eigenvalue weighted by atomic mass is 10.2. The van der Waals surface area contributed by atoms with E-state index in [0.717, 1.165) is 30.3 Å². The van der Waals surface area contributed by atoms with E-state index in [1.54, 1.807) is 23.1 Å². The molecule has 0 unspecified atom stereocenters. The highest BCUT2D eigenvalue weighted by molar-refractivity contribution is 8.02. The molecule has 0 amide bonds. The minimum absolute atomic E-state index is 0.753. The summed E-state index contributed by atoms with van der Waals surface area (Å²) in [5, 5.41) is 10.2. The van der Waals surface area contributed by atoms with Gasteiger partial charge in [0, 0.05) is 11.1 Å². The van der Waals surface area contributed by atoms with Crippen LogP contribution in [-0.4, -0.2) is 21.4 Å². The highest BCUT2D eigenvalue weighted by atomic mass is 32.2. The van der Waals surface area contributed by atoms with Gasteiger partial charge in [-0.3, -0.25) is 0 Å². The molecule has 0 aliphatic heterocycles. The van der Waals surface area contributed by atoms with E-state index in [0.29, 0.717) is 0 Å². The zero-order valence-electron chi connectivity index (χ0n) is 10.0. The molecule has 2 N–H and O–H groups in total. The Kier molecular flexibility index (Phi) is 3.58. The molecule has 19 heavy (non-hydrogen) atoms. The predicted octanol–water partition coefficient (Wildman–Crippen LogP) is 3.54. The smallest absolute Gasteiger partial charge is 0.181 e. The fourth-order valence-corrected chi connectivity index (χ4v) is 3.96. The number of hydrogen-bond donors (Lipinski definition) is 1. The van der Waals surface area contributed by atoms with Crippen LogP contribution in [0, 0.1) is 0 Å². The van der Waals surface area contributed by atoms with Crippen molar-refractivity contribution in [1.82, 2.24) is 15.2 Å². The van der Waals surface area contributed by atoms with Crippen LogP contribution in [0.4, 0.5) is 5.69 Å². The number of pyridine rings is 1. The predicted molar refractivity (Wildman–Crippen MR) is 82.0 cm³/mol. The Labute approximate surface area is 122 Å². The largest absolute Gasteiger partial charge is 0.399 e. The van der Waals surface area contributed by atoms with Crippen LogP contribution in [0.5, 0.6) is 0 Å². The second-order valence-electron chi connectivity index (χ2n) is 3.74. The van der Waals surface area contributed by atoms with E-state index in [1.807, 2.05) is 36.6 Å². The number of nitrogens with two attached hydrogens (primary N) is 1. The monoisotopic (exact) mass is 306 g/mol. The maximum atomic E-state index is 5.75. The van der Waals surface area contributed by atoms with Gasteiger partial charge >= 0.3 is 0 Å². The first kappa shape index (κ1) is 12.7. The van der Waals surface area contributed by atoms with Crippen LogP contribution in [0.1, 0.15) is 0 Å². The van der Waals surface area contributed by atoms with Crippen molar-refractivity contribution in [2.24, 2.45) is 0 Å². The van der Waals surface area contributed by atoms with E-state index in [-0.39, 0.29) is 0 Å². The fourth-order valence-electron chi connectivity index (χ4n) is 1.59. The van der Waals surface area contributed by atoms with Gasteiger partial charge in [0.1, 0.15) is 5.03 Å². The zero-order chi connectivity index (χ0) is 13.2. The summed E-state index contributed by atoms with van der Waals surface area (Å²) in [7, 11) is 0. The Balaban J connectivity index is 1.90. The summed E-state index contributed by atoms with van der Waals surface area (Å²) in [4.78, 5) is 4.59. The van der Waals surface area contributed by atoms with Crippen molar-refractivity contribution in [2.75, 3.05) is 12.0 Å². The van der Waals surface area contributed by atoms with Crippen LogP contribution in [0.25, 0.3) is 10.9 Å². The number of anilines is 1. The van der Waals surface area contributed by atoms with Gasteiger partial charge in [0.25, 0.3) is 0 Å². The van der Waals surface area contributed by atoms with E-state index in [9.17, 15) is 0 Å². The summed E-state index contributed by atoms with van der Waals surface area (Å²) in [6, 6.07) is 9.72. The van der Waals surface area contributed by atoms with E-state index >= 15 is 0 Å². The molecule has 96 valence electrons. The van der Waals surface area contributed by atoms with Crippen molar-refractivity contribution in [3.63, 3.8) is 0 Å². The SMILES string of the molecule is CSc1nnc(Sc2ccc3cc(N)ccc3n2)s1. The molecule has 0 saturated heterocycles. The number of rotatable bonds is 3. The van der Waals surface area contributed by atoms with Crippen LogP contribution < -0.4 is 5.73 Å². The van der Waals surface area contributed by atoms with E-state index in [4.69, 9.17) is 5.73 Å². The second-order valence-corrected chi connectivity index (χ2v) is 7.04. The molecule has 4 nitrogen and oxygen atoms in total. The Morgan fingerprint density at radius 3 is 2.74 bits per heavy atom. The lowest BCUT2D eigenvalue weighted by Gasteiger charge is -2.01. The lowest BCUT2D eigenvalue weighted by molar-refractivity contribution is 0.954. The van der Waals surface area contributed by atoms with Crippen molar-refractivity contribution >= 4 is 51.5 Å². The van der Waals surface area contributed by atoms with Gasteiger partial charge in [-0.1, -0.05) is 29.2 Å². The lowest BCUT2D eigenvalue weighted by Crippen LogP contribution is -1.86. The molecule has 2 aromatic heterocycles. The average molecular weight is 306 g/mol. The topological polar surface area (TPSA) is 64.7 Å². The van der Waals surface area contributed by atoms with Crippen LogP contribution in [0.3, 0.4) is 0 Å². The van der Waals surface area contributed by atoms with Gasteiger partial charge in [-0.05, 0) is 42.3 Å².